The summed E-state index contributed by atoms with van der Waals surface area (Å²) >= 11 is 4.96. The van der Waals surface area contributed by atoms with E-state index in [-0.39, 0.29) is 10.9 Å². The number of hydrogen-bond acceptors (Lipinski definition) is 6. The number of nitrogens with one attached hydrogen (secondary N) is 1. The zero-order chi connectivity index (χ0) is 16.1. The van der Waals surface area contributed by atoms with Gasteiger partial charge >= 0.3 is 0 Å². The van der Waals surface area contributed by atoms with E-state index < -0.39 is 5.56 Å². The van der Waals surface area contributed by atoms with E-state index in [0.29, 0.717) is 11.5 Å². The molecule has 0 spiro atoms. The second-order valence-corrected chi connectivity index (χ2v) is 5.03. The highest BCUT2D eigenvalue weighted by Gasteiger charge is 2.07. The molecule has 1 aromatic heterocycles. The number of benzene rings is 1. The zero-order valence-electron chi connectivity index (χ0n) is 12.4. The SMILES string of the molecule is COc1ccc(/C=N\n2c(=O)cn[nH]c2=S)cc1OC(C)C. The number of rotatable bonds is 5. The van der Waals surface area contributed by atoms with E-state index in [1.165, 1.54) is 6.21 Å². The number of H-pyrrole nitrogens is 1. The predicted octanol–water partition coefficient (Wildman–Crippen LogP) is 1.98. The Morgan fingerprint density at radius 1 is 1.41 bits per heavy atom. The summed E-state index contributed by atoms with van der Waals surface area (Å²) in [5, 5.41) is 10.2. The van der Waals surface area contributed by atoms with Crippen molar-refractivity contribution < 1.29 is 9.47 Å². The molecule has 2 rings (SSSR count). The summed E-state index contributed by atoms with van der Waals surface area (Å²) in [6.45, 7) is 3.85. The predicted molar refractivity (Wildman–Crippen MR) is 85.4 cm³/mol. The first-order valence-electron chi connectivity index (χ1n) is 6.57. The third-order valence-electron chi connectivity index (χ3n) is 2.61. The van der Waals surface area contributed by atoms with Crippen LogP contribution < -0.4 is 15.0 Å². The van der Waals surface area contributed by atoms with E-state index in [2.05, 4.69) is 15.3 Å². The third-order valence-corrected chi connectivity index (χ3v) is 2.87. The normalized spacial score (nSPS) is 11.1. The van der Waals surface area contributed by atoms with Crippen LogP contribution in [0.1, 0.15) is 19.4 Å². The number of ether oxygens (including phenoxy) is 2. The topological polar surface area (TPSA) is 81.5 Å². The summed E-state index contributed by atoms with van der Waals surface area (Å²) < 4.78 is 12.1. The molecule has 8 heteroatoms. The van der Waals surface area contributed by atoms with Crippen molar-refractivity contribution >= 4 is 18.4 Å². The van der Waals surface area contributed by atoms with E-state index in [4.69, 9.17) is 21.7 Å². The molecular weight excluding hydrogens is 304 g/mol. The molecule has 116 valence electrons. The van der Waals surface area contributed by atoms with Gasteiger partial charge in [0.15, 0.2) is 11.5 Å². The molecule has 0 bridgehead atoms. The van der Waals surface area contributed by atoms with Gasteiger partial charge in [-0.25, -0.2) is 0 Å². The molecule has 0 aliphatic rings. The van der Waals surface area contributed by atoms with Gasteiger partial charge in [0.2, 0.25) is 4.77 Å². The summed E-state index contributed by atoms with van der Waals surface area (Å²) in [6.07, 6.45) is 2.63. The van der Waals surface area contributed by atoms with Crippen LogP contribution in [0.4, 0.5) is 0 Å². The lowest BCUT2D eigenvalue weighted by molar-refractivity contribution is 0.230. The van der Waals surface area contributed by atoms with Crippen molar-refractivity contribution in [2.45, 2.75) is 20.0 Å². The van der Waals surface area contributed by atoms with E-state index in [1.54, 1.807) is 25.3 Å². The Labute approximate surface area is 132 Å². The number of methoxy groups -OCH3 is 1. The first kappa shape index (κ1) is 15.9. The van der Waals surface area contributed by atoms with Crippen LogP contribution in [0, 0.1) is 4.77 Å². The monoisotopic (exact) mass is 320 g/mol. The Kier molecular flexibility index (Phi) is 5.05. The number of aromatic nitrogens is 3. The highest BCUT2D eigenvalue weighted by Crippen LogP contribution is 2.28. The van der Waals surface area contributed by atoms with Crippen molar-refractivity contribution in [3.63, 3.8) is 0 Å². The van der Waals surface area contributed by atoms with Gasteiger partial charge in [0, 0.05) is 0 Å². The van der Waals surface area contributed by atoms with E-state index in [0.717, 1.165) is 16.4 Å². The molecule has 0 unspecified atom stereocenters. The first-order chi connectivity index (χ1) is 10.5. The largest absolute Gasteiger partial charge is 0.493 e. The van der Waals surface area contributed by atoms with Crippen molar-refractivity contribution in [1.29, 1.82) is 0 Å². The molecule has 2 aromatic rings. The van der Waals surface area contributed by atoms with Crippen LogP contribution in [0.3, 0.4) is 0 Å². The Bertz CT molecular complexity index is 767. The summed E-state index contributed by atoms with van der Waals surface area (Å²) in [5.41, 5.74) is 0.335. The Morgan fingerprint density at radius 2 is 2.18 bits per heavy atom. The van der Waals surface area contributed by atoms with Crippen LogP contribution in [-0.2, 0) is 0 Å². The van der Waals surface area contributed by atoms with Crippen LogP contribution in [0.15, 0.2) is 34.3 Å². The van der Waals surface area contributed by atoms with Gasteiger partial charge in [-0.15, -0.1) is 0 Å². The second-order valence-electron chi connectivity index (χ2n) is 4.65. The second kappa shape index (κ2) is 6.99. The quantitative estimate of drug-likeness (QED) is 0.673. The molecule has 0 fully saturated rings. The molecule has 1 N–H and O–H groups in total. The van der Waals surface area contributed by atoms with Gasteiger partial charge in [0.05, 0.1) is 19.4 Å². The fourth-order valence-corrected chi connectivity index (χ4v) is 1.89. The van der Waals surface area contributed by atoms with Crippen molar-refractivity contribution in [1.82, 2.24) is 14.9 Å². The van der Waals surface area contributed by atoms with E-state index >= 15 is 0 Å². The fraction of sp³-hybridized carbons (Fsp3) is 0.286. The average molecular weight is 320 g/mol. The molecule has 1 aromatic carbocycles. The van der Waals surface area contributed by atoms with Crippen LogP contribution in [0.25, 0.3) is 0 Å². The molecule has 7 nitrogen and oxygen atoms in total. The Morgan fingerprint density at radius 3 is 2.82 bits per heavy atom. The van der Waals surface area contributed by atoms with Gasteiger partial charge in [-0.3, -0.25) is 9.89 Å². The van der Waals surface area contributed by atoms with E-state index in [1.807, 2.05) is 13.8 Å². The molecule has 1 heterocycles. The maximum atomic E-state index is 11.6. The lowest BCUT2D eigenvalue weighted by Crippen LogP contribution is -2.18. The zero-order valence-corrected chi connectivity index (χ0v) is 13.3. The van der Waals surface area contributed by atoms with Crippen LogP contribution in [-0.4, -0.2) is 34.3 Å². The molecule has 0 saturated heterocycles. The van der Waals surface area contributed by atoms with Crippen molar-refractivity contribution in [3.05, 3.63) is 45.1 Å². The van der Waals surface area contributed by atoms with Crippen LogP contribution in [0.2, 0.25) is 0 Å². The van der Waals surface area contributed by atoms with Gasteiger partial charge in [-0.05, 0) is 49.8 Å². The van der Waals surface area contributed by atoms with Crippen molar-refractivity contribution in [2.24, 2.45) is 5.10 Å². The number of aromatic amines is 1. The van der Waals surface area contributed by atoms with Crippen LogP contribution >= 0.6 is 12.2 Å². The van der Waals surface area contributed by atoms with Crippen molar-refractivity contribution in [3.8, 4) is 11.5 Å². The smallest absolute Gasteiger partial charge is 0.293 e. The summed E-state index contributed by atoms with van der Waals surface area (Å²) in [7, 11) is 1.58. The molecule has 0 amide bonds. The molecule has 0 radical (unpaired) electrons. The summed E-state index contributed by atoms with van der Waals surface area (Å²) in [4.78, 5) is 11.6. The highest BCUT2D eigenvalue weighted by atomic mass is 32.1. The minimum absolute atomic E-state index is 0.0118. The maximum Gasteiger partial charge on any atom is 0.293 e. The average Bonchev–Trinajstić information content (AvgIpc) is 2.46. The molecule has 0 saturated carbocycles. The Balaban J connectivity index is 2.35. The minimum atomic E-state index is -0.410. The molecular formula is C14H16N4O3S. The van der Waals surface area contributed by atoms with Gasteiger partial charge in [-0.2, -0.15) is 14.9 Å². The molecule has 0 aliphatic heterocycles. The molecule has 0 atom stereocenters. The standard InChI is InChI=1S/C14H16N4O3S/c1-9(2)21-12-6-10(4-5-11(12)20-3)7-16-18-13(19)8-15-17-14(18)22/h4-9H,1-3H3,(H,17,22)/b16-7-. The highest BCUT2D eigenvalue weighted by molar-refractivity contribution is 7.71. The van der Waals surface area contributed by atoms with E-state index in [9.17, 15) is 4.79 Å². The summed E-state index contributed by atoms with van der Waals surface area (Å²) in [6, 6.07) is 5.35. The van der Waals surface area contributed by atoms with Gasteiger partial charge in [0.25, 0.3) is 5.56 Å². The summed E-state index contributed by atoms with van der Waals surface area (Å²) in [5.74, 6) is 1.23. The Hall–Kier alpha value is -2.48. The molecule has 22 heavy (non-hydrogen) atoms. The first-order valence-corrected chi connectivity index (χ1v) is 6.98. The van der Waals surface area contributed by atoms with Crippen molar-refractivity contribution in [2.75, 3.05) is 7.11 Å². The third kappa shape index (κ3) is 3.79. The number of hydrogen-bond donors (Lipinski definition) is 1. The fourth-order valence-electron chi connectivity index (χ4n) is 1.70. The lowest BCUT2D eigenvalue weighted by atomic mass is 10.2. The number of nitrogens with zero attached hydrogens (tertiary/aromatic N) is 3. The van der Waals surface area contributed by atoms with Gasteiger partial charge in [0.1, 0.15) is 6.20 Å². The van der Waals surface area contributed by atoms with Gasteiger partial charge in [-0.1, -0.05) is 0 Å². The molecule has 0 aliphatic carbocycles. The maximum absolute atomic E-state index is 11.6. The minimum Gasteiger partial charge on any atom is -0.493 e. The van der Waals surface area contributed by atoms with Gasteiger partial charge < -0.3 is 9.47 Å². The van der Waals surface area contributed by atoms with Crippen LogP contribution in [0.5, 0.6) is 11.5 Å². The lowest BCUT2D eigenvalue weighted by Gasteiger charge is -2.13.